The highest BCUT2D eigenvalue weighted by molar-refractivity contribution is 8.09. The lowest BCUT2D eigenvalue weighted by molar-refractivity contribution is 1.01. The fourth-order valence-corrected chi connectivity index (χ4v) is 1.15. The molecule has 2 nitrogen and oxygen atoms in total. The zero-order chi connectivity index (χ0) is 7.40. The van der Waals surface area contributed by atoms with Crippen LogP contribution in [0.5, 0.6) is 0 Å². The molecule has 0 spiro atoms. The normalized spacial score (nSPS) is 13.0. The van der Waals surface area contributed by atoms with Gasteiger partial charge in [-0.25, -0.2) is 0 Å². The maximum atomic E-state index is 4.31. The second-order valence-electron chi connectivity index (χ2n) is 1.76. The maximum absolute atomic E-state index is 4.31. The lowest BCUT2D eigenvalue weighted by atomic mass is 10.4. The predicted octanol–water partition coefficient (Wildman–Crippen LogP) is 1.77. The molecule has 1 aromatic rings. The molecule has 0 aromatic carbocycles. The van der Waals surface area contributed by atoms with Gasteiger partial charge in [0.25, 0.3) is 0 Å². The van der Waals surface area contributed by atoms with E-state index in [1.807, 2.05) is 12.3 Å². The smallest absolute Gasteiger partial charge is 0.0735 e. The first kappa shape index (κ1) is 7.88. The van der Waals surface area contributed by atoms with Crippen LogP contribution in [0.3, 0.4) is 0 Å². The summed E-state index contributed by atoms with van der Waals surface area (Å²) in [5.41, 5.74) is 1.10. The van der Waals surface area contributed by atoms with Gasteiger partial charge in [0.15, 0.2) is 0 Å². The number of hydrogen-bond donors (Lipinski definition) is 1. The van der Waals surface area contributed by atoms with Crippen molar-refractivity contribution in [2.75, 3.05) is 6.26 Å². The number of nitrogens with zero attached hydrogens (tertiary/aromatic N) is 2. The number of thioether (sulfide) groups is 1. The average Bonchev–Trinajstić information content (AvgIpc) is 2.05. The van der Waals surface area contributed by atoms with Crippen LogP contribution < -0.4 is 0 Å². The van der Waals surface area contributed by atoms with E-state index < -0.39 is 0 Å². The zero-order valence-electron chi connectivity index (χ0n) is 5.56. The van der Waals surface area contributed by atoms with Crippen LogP contribution in [0.25, 0.3) is 0 Å². The Kier molecular flexibility index (Phi) is 3.02. The lowest BCUT2D eigenvalue weighted by Crippen LogP contribution is -1.86. The molecule has 1 aromatic heterocycles. The van der Waals surface area contributed by atoms with Crippen molar-refractivity contribution in [1.29, 1.82) is 0 Å². The molecule has 0 saturated carbocycles. The molecule has 0 radical (unpaired) electrons. The van der Waals surface area contributed by atoms with Gasteiger partial charge < -0.3 is 0 Å². The van der Waals surface area contributed by atoms with E-state index in [2.05, 4.69) is 22.8 Å². The molecule has 1 rings (SSSR count). The van der Waals surface area contributed by atoms with Gasteiger partial charge in [-0.1, -0.05) is 0 Å². The molecule has 0 N–H and O–H groups in total. The molecule has 0 saturated heterocycles. The van der Waals surface area contributed by atoms with Gasteiger partial charge >= 0.3 is 0 Å². The van der Waals surface area contributed by atoms with E-state index in [0.717, 1.165) is 5.56 Å². The summed E-state index contributed by atoms with van der Waals surface area (Å²) in [5.74, 6) is 0. The minimum absolute atomic E-state index is 0.218. The average molecular weight is 172 g/mol. The summed E-state index contributed by atoms with van der Waals surface area (Å²) >= 11 is 5.99. The van der Waals surface area contributed by atoms with E-state index in [1.54, 1.807) is 24.2 Å². The monoisotopic (exact) mass is 172 g/mol. The molecule has 0 amide bonds. The third-order valence-electron chi connectivity index (χ3n) is 1.12. The van der Waals surface area contributed by atoms with Crippen LogP contribution in [0.1, 0.15) is 10.1 Å². The second-order valence-corrected chi connectivity index (χ2v) is 3.57. The molecule has 0 fully saturated rings. The van der Waals surface area contributed by atoms with Crippen LogP contribution in [-0.4, -0.2) is 16.5 Å². The number of thiol groups is 1. The van der Waals surface area contributed by atoms with Crippen LogP contribution in [-0.2, 0) is 0 Å². The topological polar surface area (TPSA) is 25.8 Å². The molecule has 0 aliphatic rings. The van der Waals surface area contributed by atoms with Crippen LogP contribution >= 0.6 is 24.4 Å². The third-order valence-corrected chi connectivity index (χ3v) is 2.76. The first-order valence-corrected chi connectivity index (χ1v) is 4.62. The molecular formula is C6H8N2S2. The minimum Gasteiger partial charge on any atom is -0.160 e. The van der Waals surface area contributed by atoms with Crippen molar-refractivity contribution in [3.05, 3.63) is 24.0 Å². The Morgan fingerprint density at radius 3 is 2.90 bits per heavy atom. The summed E-state index contributed by atoms with van der Waals surface area (Å²) in [7, 11) is 0. The van der Waals surface area contributed by atoms with Crippen molar-refractivity contribution in [3.8, 4) is 0 Å². The van der Waals surface area contributed by atoms with Crippen LogP contribution in [0.2, 0.25) is 0 Å². The van der Waals surface area contributed by atoms with Crippen LogP contribution in [0.15, 0.2) is 18.5 Å². The molecule has 1 unspecified atom stereocenters. The largest absolute Gasteiger partial charge is 0.160 e. The molecule has 0 bridgehead atoms. The summed E-state index contributed by atoms with van der Waals surface area (Å²) in [6.45, 7) is 0. The quantitative estimate of drug-likeness (QED) is 0.544. The maximum Gasteiger partial charge on any atom is 0.0735 e. The molecule has 10 heavy (non-hydrogen) atoms. The second kappa shape index (κ2) is 3.83. The Bertz CT molecular complexity index is 190. The Labute approximate surface area is 69.8 Å². The molecule has 4 heteroatoms. The molecular weight excluding hydrogens is 164 g/mol. The molecule has 54 valence electrons. The Morgan fingerprint density at radius 1 is 1.60 bits per heavy atom. The summed E-state index contributed by atoms with van der Waals surface area (Å²) in [4.78, 5) is 0. The molecule has 1 heterocycles. The standard InChI is InChI=1S/C6H8N2S2/c1-10-6(9)5-2-3-7-8-4-5/h2-4,6,9H,1H3. The predicted molar refractivity (Wildman–Crippen MR) is 47.3 cm³/mol. The van der Waals surface area contributed by atoms with Crippen molar-refractivity contribution in [2.45, 2.75) is 4.58 Å². The first-order chi connectivity index (χ1) is 4.84. The van der Waals surface area contributed by atoms with Crippen LogP contribution in [0, 0.1) is 0 Å². The Balaban J connectivity index is 2.75. The van der Waals surface area contributed by atoms with Gasteiger partial charge in [0.2, 0.25) is 0 Å². The van der Waals surface area contributed by atoms with E-state index in [4.69, 9.17) is 0 Å². The summed E-state index contributed by atoms with van der Waals surface area (Å²) in [5, 5.41) is 7.41. The fraction of sp³-hybridized carbons (Fsp3) is 0.333. The zero-order valence-corrected chi connectivity index (χ0v) is 7.27. The van der Waals surface area contributed by atoms with Gasteiger partial charge in [0.1, 0.15) is 0 Å². The van der Waals surface area contributed by atoms with Crippen molar-refractivity contribution < 1.29 is 0 Å². The van der Waals surface area contributed by atoms with Crippen molar-refractivity contribution in [3.63, 3.8) is 0 Å². The van der Waals surface area contributed by atoms with Crippen molar-refractivity contribution in [1.82, 2.24) is 10.2 Å². The molecule has 0 aliphatic heterocycles. The Hall–Kier alpha value is -0.220. The Morgan fingerprint density at radius 2 is 2.40 bits per heavy atom. The van der Waals surface area contributed by atoms with Crippen molar-refractivity contribution >= 4 is 24.4 Å². The summed E-state index contributed by atoms with van der Waals surface area (Å²) in [6.07, 6.45) is 5.42. The minimum atomic E-state index is 0.218. The van der Waals surface area contributed by atoms with E-state index in [0.29, 0.717) is 0 Å². The lowest BCUT2D eigenvalue weighted by Gasteiger charge is -2.04. The summed E-state index contributed by atoms with van der Waals surface area (Å²) < 4.78 is 0.218. The number of rotatable bonds is 2. The van der Waals surface area contributed by atoms with Crippen LogP contribution in [0.4, 0.5) is 0 Å². The number of hydrogen-bond acceptors (Lipinski definition) is 4. The van der Waals surface area contributed by atoms with Crippen molar-refractivity contribution in [2.24, 2.45) is 0 Å². The first-order valence-electron chi connectivity index (χ1n) is 2.82. The van der Waals surface area contributed by atoms with E-state index in [1.165, 1.54) is 0 Å². The van der Waals surface area contributed by atoms with E-state index in [-0.39, 0.29) is 4.58 Å². The van der Waals surface area contributed by atoms with Gasteiger partial charge in [0.05, 0.1) is 10.8 Å². The summed E-state index contributed by atoms with van der Waals surface area (Å²) in [6, 6.07) is 1.92. The van der Waals surface area contributed by atoms with Gasteiger partial charge in [-0.05, 0) is 17.9 Å². The van der Waals surface area contributed by atoms with Gasteiger partial charge in [-0.15, -0.1) is 11.8 Å². The number of aromatic nitrogens is 2. The highest BCUT2D eigenvalue weighted by Gasteiger charge is 2.01. The fourth-order valence-electron chi connectivity index (χ4n) is 0.583. The van der Waals surface area contributed by atoms with E-state index >= 15 is 0 Å². The highest BCUT2D eigenvalue weighted by Crippen LogP contribution is 2.28. The molecule has 0 aliphatic carbocycles. The third kappa shape index (κ3) is 1.88. The molecule has 1 atom stereocenters. The SMILES string of the molecule is CSC(S)c1ccnnc1. The van der Waals surface area contributed by atoms with Gasteiger partial charge in [-0.3, -0.25) is 0 Å². The van der Waals surface area contributed by atoms with Gasteiger partial charge in [0, 0.05) is 6.20 Å². The van der Waals surface area contributed by atoms with Gasteiger partial charge in [-0.2, -0.15) is 22.8 Å². The highest BCUT2D eigenvalue weighted by atomic mass is 32.2. The van der Waals surface area contributed by atoms with E-state index in [9.17, 15) is 0 Å².